The molecule has 0 fully saturated rings. The van der Waals surface area contributed by atoms with Gasteiger partial charge in [-0.1, -0.05) is 0 Å². The Morgan fingerprint density at radius 3 is 3.00 bits per heavy atom. The molecule has 1 amide bonds. The van der Waals surface area contributed by atoms with Crippen LogP contribution in [0.25, 0.3) is 0 Å². The molecule has 2 rings (SSSR count). The number of hydrogen-bond acceptors (Lipinski definition) is 3. The third kappa shape index (κ3) is 3.23. The maximum Gasteiger partial charge on any atom is 0.227 e. The number of H-pyrrole nitrogens is 1. The standard InChI is InChI=1S/C14H21N3O2/c15-7-3-1-6-14(19)17-8-4-2-5-12-13(17)9-11(10-18)16-12/h9-10,16H,1-8,15H2. The van der Waals surface area contributed by atoms with Crippen molar-refractivity contribution in [3.8, 4) is 0 Å². The lowest BCUT2D eigenvalue weighted by molar-refractivity contribution is -0.118. The van der Waals surface area contributed by atoms with E-state index in [1.54, 1.807) is 6.07 Å². The van der Waals surface area contributed by atoms with Crippen molar-refractivity contribution < 1.29 is 9.59 Å². The summed E-state index contributed by atoms with van der Waals surface area (Å²) in [6, 6.07) is 1.79. The van der Waals surface area contributed by atoms with E-state index in [4.69, 9.17) is 5.73 Å². The Balaban J connectivity index is 2.13. The smallest absolute Gasteiger partial charge is 0.227 e. The number of carbonyl (C=O) groups is 2. The predicted molar refractivity (Wildman–Crippen MR) is 74.4 cm³/mol. The number of nitrogens with two attached hydrogens (primary N) is 1. The van der Waals surface area contributed by atoms with E-state index < -0.39 is 0 Å². The number of aldehydes is 1. The first-order valence-corrected chi connectivity index (χ1v) is 6.93. The van der Waals surface area contributed by atoms with Crippen LogP contribution in [-0.2, 0) is 11.2 Å². The molecular weight excluding hydrogens is 242 g/mol. The average molecular weight is 263 g/mol. The minimum Gasteiger partial charge on any atom is -0.354 e. The number of carbonyl (C=O) groups excluding carboxylic acids is 2. The summed E-state index contributed by atoms with van der Waals surface area (Å²) in [5, 5.41) is 0. The number of unbranched alkanes of at least 4 members (excludes halogenated alkanes) is 1. The second kappa shape index (κ2) is 6.52. The van der Waals surface area contributed by atoms with Crippen molar-refractivity contribution in [2.45, 2.75) is 38.5 Å². The molecule has 1 aromatic heterocycles. The third-order valence-corrected chi connectivity index (χ3v) is 3.52. The fraction of sp³-hybridized carbons (Fsp3) is 0.571. The Hall–Kier alpha value is -1.62. The number of aromatic nitrogens is 1. The molecule has 5 heteroatoms. The Morgan fingerprint density at radius 2 is 2.26 bits per heavy atom. The molecule has 1 aliphatic rings. The van der Waals surface area contributed by atoms with Gasteiger partial charge in [0.05, 0.1) is 11.4 Å². The minimum atomic E-state index is 0.132. The van der Waals surface area contributed by atoms with E-state index in [-0.39, 0.29) is 5.91 Å². The number of aryl methyl sites for hydroxylation is 1. The highest BCUT2D eigenvalue weighted by Gasteiger charge is 2.22. The van der Waals surface area contributed by atoms with E-state index in [0.29, 0.717) is 18.7 Å². The molecule has 19 heavy (non-hydrogen) atoms. The molecule has 0 bridgehead atoms. The summed E-state index contributed by atoms with van der Waals surface area (Å²) in [5.41, 5.74) is 7.89. The first-order chi connectivity index (χ1) is 9.26. The molecule has 0 unspecified atom stereocenters. The van der Waals surface area contributed by atoms with Crippen molar-refractivity contribution in [1.82, 2.24) is 4.98 Å². The molecule has 2 heterocycles. The second-order valence-corrected chi connectivity index (χ2v) is 4.95. The van der Waals surface area contributed by atoms with Crippen LogP contribution in [-0.4, -0.2) is 30.3 Å². The number of rotatable bonds is 5. The van der Waals surface area contributed by atoms with Gasteiger partial charge in [0.25, 0.3) is 0 Å². The highest BCUT2D eigenvalue weighted by molar-refractivity contribution is 5.95. The van der Waals surface area contributed by atoms with Gasteiger partial charge in [0.1, 0.15) is 0 Å². The summed E-state index contributed by atoms with van der Waals surface area (Å²) in [6.07, 6.45) is 5.96. The average Bonchev–Trinajstić information content (AvgIpc) is 2.72. The highest BCUT2D eigenvalue weighted by Crippen LogP contribution is 2.27. The lowest BCUT2D eigenvalue weighted by Crippen LogP contribution is -2.31. The Bertz CT molecular complexity index is 454. The summed E-state index contributed by atoms with van der Waals surface area (Å²) in [6.45, 7) is 1.36. The third-order valence-electron chi connectivity index (χ3n) is 3.52. The molecule has 0 aromatic carbocycles. The summed E-state index contributed by atoms with van der Waals surface area (Å²) >= 11 is 0. The van der Waals surface area contributed by atoms with Crippen LogP contribution in [0.1, 0.15) is 48.3 Å². The van der Waals surface area contributed by atoms with Crippen molar-refractivity contribution in [2.24, 2.45) is 5.73 Å². The molecule has 1 aromatic rings. The number of fused-ring (bicyclic) bond motifs is 1. The SMILES string of the molecule is NCCCCC(=O)N1CCCCc2[nH]c(C=O)cc21. The first-order valence-electron chi connectivity index (χ1n) is 6.93. The van der Waals surface area contributed by atoms with E-state index in [0.717, 1.165) is 56.3 Å². The van der Waals surface area contributed by atoms with Gasteiger partial charge in [0, 0.05) is 18.7 Å². The zero-order chi connectivity index (χ0) is 13.7. The van der Waals surface area contributed by atoms with Gasteiger partial charge in [-0.15, -0.1) is 0 Å². The van der Waals surface area contributed by atoms with Crippen LogP contribution in [0.3, 0.4) is 0 Å². The van der Waals surface area contributed by atoms with Crippen molar-refractivity contribution in [2.75, 3.05) is 18.0 Å². The number of amides is 1. The van der Waals surface area contributed by atoms with E-state index in [1.807, 2.05) is 4.90 Å². The number of hydrogen-bond donors (Lipinski definition) is 2. The van der Waals surface area contributed by atoms with E-state index in [9.17, 15) is 9.59 Å². The summed E-state index contributed by atoms with van der Waals surface area (Å²) in [5.74, 6) is 0.132. The van der Waals surface area contributed by atoms with E-state index in [2.05, 4.69) is 4.98 Å². The molecule has 5 nitrogen and oxygen atoms in total. The van der Waals surface area contributed by atoms with Crippen molar-refractivity contribution in [3.05, 3.63) is 17.5 Å². The molecule has 0 radical (unpaired) electrons. The van der Waals surface area contributed by atoms with Crippen LogP contribution in [0.5, 0.6) is 0 Å². The van der Waals surface area contributed by atoms with Gasteiger partial charge < -0.3 is 15.6 Å². The van der Waals surface area contributed by atoms with Gasteiger partial charge in [-0.05, 0) is 44.7 Å². The van der Waals surface area contributed by atoms with Gasteiger partial charge in [-0.2, -0.15) is 0 Å². The van der Waals surface area contributed by atoms with Crippen LogP contribution in [0.15, 0.2) is 6.07 Å². The largest absolute Gasteiger partial charge is 0.354 e. The van der Waals surface area contributed by atoms with Crippen LogP contribution in [0, 0.1) is 0 Å². The highest BCUT2D eigenvalue weighted by atomic mass is 16.2. The normalized spacial score (nSPS) is 14.9. The Kier molecular flexibility index (Phi) is 4.74. The van der Waals surface area contributed by atoms with Gasteiger partial charge in [0.2, 0.25) is 5.91 Å². The van der Waals surface area contributed by atoms with E-state index in [1.165, 1.54) is 0 Å². The zero-order valence-electron chi connectivity index (χ0n) is 11.2. The van der Waals surface area contributed by atoms with E-state index >= 15 is 0 Å². The summed E-state index contributed by atoms with van der Waals surface area (Å²) in [7, 11) is 0. The molecule has 0 spiro atoms. The van der Waals surface area contributed by atoms with Gasteiger partial charge in [0.15, 0.2) is 6.29 Å². The molecule has 0 saturated heterocycles. The van der Waals surface area contributed by atoms with Crippen LogP contribution in [0.2, 0.25) is 0 Å². The zero-order valence-corrected chi connectivity index (χ0v) is 11.2. The van der Waals surface area contributed by atoms with Crippen LogP contribution >= 0.6 is 0 Å². The molecule has 104 valence electrons. The van der Waals surface area contributed by atoms with Crippen molar-refractivity contribution in [3.63, 3.8) is 0 Å². The fourth-order valence-electron chi connectivity index (χ4n) is 2.51. The maximum absolute atomic E-state index is 12.3. The Morgan fingerprint density at radius 1 is 1.42 bits per heavy atom. The maximum atomic E-state index is 12.3. The number of aromatic amines is 1. The first kappa shape index (κ1) is 13.8. The molecular formula is C14H21N3O2. The quantitative estimate of drug-likeness (QED) is 0.626. The van der Waals surface area contributed by atoms with Gasteiger partial charge in [-0.3, -0.25) is 9.59 Å². The van der Waals surface area contributed by atoms with Gasteiger partial charge >= 0.3 is 0 Å². The topological polar surface area (TPSA) is 79.2 Å². The van der Waals surface area contributed by atoms with Crippen molar-refractivity contribution >= 4 is 17.9 Å². The molecule has 3 N–H and O–H groups in total. The molecule has 1 aliphatic heterocycles. The number of nitrogens with zero attached hydrogens (tertiary/aromatic N) is 1. The molecule has 0 saturated carbocycles. The van der Waals surface area contributed by atoms with Crippen molar-refractivity contribution in [1.29, 1.82) is 0 Å². The van der Waals surface area contributed by atoms with Crippen LogP contribution in [0.4, 0.5) is 5.69 Å². The fourth-order valence-corrected chi connectivity index (χ4v) is 2.51. The second-order valence-electron chi connectivity index (χ2n) is 4.95. The predicted octanol–water partition coefficient (Wildman–Crippen LogP) is 1.63. The number of anilines is 1. The lowest BCUT2D eigenvalue weighted by atomic mass is 10.2. The molecule has 0 aliphatic carbocycles. The summed E-state index contributed by atoms with van der Waals surface area (Å²) in [4.78, 5) is 28.0. The van der Waals surface area contributed by atoms with Crippen LogP contribution < -0.4 is 10.6 Å². The summed E-state index contributed by atoms with van der Waals surface area (Å²) < 4.78 is 0. The van der Waals surface area contributed by atoms with Gasteiger partial charge in [-0.25, -0.2) is 0 Å². The lowest BCUT2D eigenvalue weighted by Gasteiger charge is -2.20. The number of nitrogens with one attached hydrogen (secondary N) is 1. The Labute approximate surface area is 113 Å². The monoisotopic (exact) mass is 263 g/mol. The molecule has 0 atom stereocenters. The minimum absolute atomic E-state index is 0.132.